The maximum atomic E-state index is 4.29. The molecule has 1 fully saturated rings. The monoisotopic (exact) mass is 149 g/mol. The number of nitrogens with zero attached hydrogens (tertiary/aromatic N) is 2. The van der Waals surface area contributed by atoms with Gasteiger partial charge in [-0.1, -0.05) is 0 Å². The van der Waals surface area contributed by atoms with E-state index in [9.17, 15) is 0 Å². The first-order valence-corrected chi connectivity index (χ1v) is 3.90. The zero-order valence-corrected chi connectivity index (χ0v) is 6.54. The lowest BCUT2D eigenvalue weighted by Gasteiger charge is -2.03. The number of hydrogen-bond acceptors (Lipinski definition) is 3. The van der Waals surface area contributed by atoms with Crippen LogP contribution in [-0.4, -0.2) is 17.0 Å². The van der Waals surface area contributed by atoms with Crippen LogP contribution in [0.25, 0.3) is 0 Å². The van der Waals surface area contributed by atoms with Crippen LogP contribution >= 0.6 is 0 Å². The molecule has 0 spiro atoms. The third-order valence-electron chi connectivity index (χ3n) is 1.93. The highest BCUT2D eigenvalue weighted by atomic mass is 15.0. The van der Waals surface area contributed by atoms with E-state index < -0.39 is 0 Å². The van der Waals surface area contributed by atoms with Gasteiger partial charge in [-0.3, -0.25) is 4.98 Å². The Labute approximate surface area is 65.9 Å². The molecule has 3 nitrogen and oxygen atoms in total. The van der Waals surface area contributed by atoms with Crippen molar-refractivity contribution < 1.29 is 0 Å². The van der Waals surface area contributed by atoms with Gasteiger partial charge in [-0.2, -0.15) is 0 Å². The standard InChI is InChI=1S/C8H11N3/c1-9-8-7(6-2-3-6)10-4-5-11-8/h4-6H,2-3H2,1H3,(H,9,11). The Morgan fingerprint density at radius 1 is 1.36 bits per heavy atom. The molecule has 2 rings (SSSR count). The summed E-state index contributed by atoms with van der Waals surface area (Å²) in [6, 6.07) is 0. The predicted molar refractivity (Wildman–Crippen MR) is 43.6 cm³/mol. The minimum absolute atomic E-state index is 0.672. The van der Waals surface area contributed by atoms with Gasteiger partial charge in [-0.05, 0) is 12.8 Å². The van der Waals surface area contributed by atoms with Crippen LogP contribution < -0.4 is 5.32 Å². The fraction of sp³-hybridized carbons (Fsp3) is 0.500. The van der Waals surface area contributed by atoms with E-state index in [1.165, 1.54) is 12.8 Å². The normalized spacial score (nSPS) is 16.5. The summed E-state index contributed by atoms with van der Waals surface area (Å²) in [6.45, 7) is 0. The Morgan fingerprint density at radius 2 is 2.09 bits per heavy atom. The van der Waals surface area contributed by atoms with E-state index in [4.69, 9.17) is 0 Å². The molecule has 0 bridgehead atoms. The molecule has 0 saturated heterocycles. The first-order chi connectivity index (χ1) is 5.42. The Kier molecular flexibility index (Phi) is 1.49. The third-order valence-corrected chi connectivity index (χ3v) is 1.93. The van der Waals surface area contributed by atoms with Crippen LogP contribution in [0.4, 0.5) is 5.82 Å². The second-order valence-corrected chi connectivity index (χ2v) is 2.81. The lowest BCUT2D eigenvalue weighted by atomic mass is 10.3. The second kappa shape index (κ2) is 2.49. The van der Waals surface area contributed by atoms with Crippen LogP contribution in [0, 0.1) is 0 Å². The highest BCUT2D eigenvalue weighted by Gasteiger charge is 2.27. The van der Waals surface area contributed by atoms with Gasteiger partial charge in [0.25, 0.3) is 0 Å². The second-order valence-electron chi connectivity index (χ2n) is 2.81. The van der Waals surface area contributed by atoms with Crippen LogP contribution in [-0.2, 0) is 0 Å². The summed E-state index contributed by atoms with van der Waals surface area (Å²) in [4.78, 5) is 8.47. The predicted octanol–water partition coefficient (Wildman–Crippen LogP) is 1.40. The largest absolute Gasteiger partial charge is 0.372 e. The van der Waals surface area contributed by atoms with Crippen molar-refractivity contribution in [1.29, 1.82) is 0 Å². The maximum Gasteiger partial charge on any atom is 0.147 e. The maximum absolute atomic E-state index is 4.29. The highest BCUT2D eigenvalue weighted by molar-refractivity contribution is 5.42. The van der Waals surface area contributed by atoms with Crippen LogP contribution in [0.5, 0.6) is 0 Å². The van der Waals surface area contributed by atoms with Crippen molar-refractivity contribution in [2.75, 3.05) is 12.4 Å². The third kappa shape index (κ3) is 1.18. The van der Waals surface area contributed by atoms with Crippen LogP contribution in [0.2, 0.25) is 0 Å². The molecule has 0 aliphatic heterocycles. The fourth-order valence-electron chi connectivity index (χ4n) is 1.20. The Bertz CT molecular complexity index is 255. The molecule has 1 aromatic rings. The first kappa shape index (κ1) is 6.58. The number of hydrogen-bond donors (Lipinski definition) is 1. The molecular weight excluding hydrogens is 138 g/mol. The van der Waals surface area contributed by atoms with Gasteiger partial charge < -0.3 is 5.32 Å². The number of rotatable bonds is 2. The number of anilines is 1. The molecule has 0 radical (unpaired) electrons. The molecule has 3 heteroatoms. The van der Waals surface area contributed by atoms with Crippen LogP contribution in [0.15, 0.2) is 12.4 Å². The van der Waals surface area contributed by atoms with Crippen molar-refractivity contribution in [3.05, 3.63) is 18.1 Å². The molecule has 1 aliphatic rings. The van der Waals surface area contributed by atoms with Crippen molar-refractivity contribution in [2.45, 2.75) is 18.8 Å². The minimum Gasteiger partial charge on any atom is -0.372 e. The Balaban J connectivity index is 2.34. The average Bonchev–Trinajstić information content (AvgIpc) is 2.87. The van der Waals surface area contributed by atoms with Crippen molar-refractivity contribution in [1.82, 2.24) is 9.97 Å². The lowest BCUT2D eigenvalue weighted by Crippen LogP contribution is -1.98. The van der Waals surface area contributed by atoms with E-state index in [0.717, 1.165) is 11.5 Å². The summed E-state index contributed by atoms with van der Waals surface area (Å²) >= 11 is 0. The van der Waals surface area contributed by atoms with Gasteiger partial charge in [0.15, 0.2) is 0 Å². The smallest absolute Gasteiger partial charge is 0.147 e. The molecule has 0 amide bonds. The zero-order chi connectivity index (χ0) is 7.68. The van der Waals surface area contributed by atoms with Gasteiger partial charge in [-0.25, -0.2) is 4.98 Å². The summed E-state index contributed by atoms with van der Waals surface area (Å²) in [5.41, 5.74) is 1.13. The Morgan fingerprint density at radius 3 is 2.73 bits per heavy atom. The fourth-order valence-corrected chi connectivity index (χ4v) is 1.20. The Hall–Kier alpha value is -1.12. The van der Waals surface area contributed by atoms with Crippen molar-refractivity contribution in [2.24, 2.45) is 0 Å². The molecule has 11 heavy (non-hydrogen) atoms. The quantitative estimate of drug-likeness (QED) is 0.690. The molecule has 58 valence electrons. The van der Waals surface area contributed by atoms with Crippen LogP contribution in [0.1, 0.15) is 24.5 Å². The summed E-state index contributed by atoms with van der Waals surface area (Å²) < 4.78 is 0. The van der Waals surface area contributed by atoms with E-state index in [1.54, 1.807) is 12.4 Å². The average molecular weight is 149 g/mol. The lowest BCUT2D eigenvalue weighted by molar-refractivity contribution is 0.989. The van der Waals surface area contributed by atoms with Gasteiger partial charge in [0.05, 0.1) is 5.69 Å². The van der Waals surface area contributed by atoms with Gasteiger partial charge >= 0.3 is 0 Å². The van der Waals surface area contributed by atoms with E-state index in [1.807, 2.05) is 7.05 Å². The molecule has 1 N–H and O–H groups in total. The highest BCUT2D eigenvalue weighted by Crippen LogP contribution is 2.41. The molecule has 1 aromatic heterocycles. The summed E-state index contributed by atoms with van der Waals surface area (Å²) in [5, 5.41) is 3.04. The van der Waals surface area contributed by atoms with E-state index >= 15 is 0 Å². The SMILES string of the molecule is CNc1nccnc1C1CC1. The molecule has 0 atom stereocenters. The summed E-state index contributed by atoms with van der Waals surface area (Å²) in [5.74, 6) is 1.61. The van der Waals surface area contributed by atoms with Gasteiger partial charge in [0.2, 0.25) is 0 Å². The number of nitrogens with one attached hydrogen (secondary N) is 1. The van der Waals surface area contributed by atoms with E-state index in [2.05, 4.69) is 15.3 Å². The first-order valence-electron chi connectivity index (χ1n) is 3.90. The molecule has 0 aromatic carbocycles. The minimum atomic E-state index is 0.672. The van der Waals surface area contributed by atoms with Gasteiger partial charge in [0, 0.05) is 25.4 Å². The molecule has 1 heterocycles. The van der Waals surface area contributed by atoms with Crippen molar-refractivity contribution in [3.63, 3.8) is 0 Å². The van der Waals surface area contributed by atoms with E-state index in [-0.39, 0.29) is 0 Å². The summed E-state index contributed by atoms with van der Waals surface area (Å²) in [6.07, 6.45) is 6.02. The van der Waals surface area contributed by atoms with E-state index in [0.29, 0.717) is 5.92 Å². The van der Waals surface area contributed by atoms with Crippen molar-refractivity contribution in [3.8, 4) is 0 Å². The van der Waals surface area contributed by atoms with Crippen molar-refractivity contribution >= 4 is 5.82 Å². The number of aromatic nitrogens is 2. The molecular formula is C8H11N3. The molecule has 1 aliphatic carbocycles. The van der Waals surface area contributed by atoms with Gasteiger partial charge in [0.1, 0.15) is 5.82 Å². The molecule has 0 unspecified atom stereocenters. The van der Waals surface area contributed by atoms with Crippen LogP contribution in [0.3, 0.4) is 0 Å². The molecule has 1 saturated carbocycles. The topological polar surface area (TPSA) is 37.8 Å². The summed E-state index contributed by atoms with van der Waals surface area (Å²) in [7, 11) is 1.88. The zero-order valence-electron chi connectivity index (χ0n) is 6.54. The van der Waals surface area contributed by atoms with Gasteiger partial charge in [-0.15, -0.1) is 0 Å².